The number of nitrogens with one attached hydrogen (secondary N) is 1. The third-order valence-electron chi connectivity index (χ3n) is 7.59. The zero-order chi connectivity index (χ0) is 35.0. The summed E-state index contributed by atoms with van der Waals surface area (Å²) < 4.78 is 55.3. The van der Waals surface area contributed by atoms with Gasteiger partial charge in [0.05, 0.1) is 19.5 Å². The molecule has 1 aliphatic rings. The van der Waals surface area contributed by atoms with Crippen molar-refractivity contribution < 1.29 is 37.4 Å². The van der Waals surface area contributed by atoms with Gasteiger partial charge < -0.3 is 24.0 Å². The third kappa shape index (κ3) is 7.16. The molecule has 1 saturated heterocycles. The molecule has 6 atom stereocenters. The van der Waals surface area contributed by atoms with Crippen molar-refractivity contribution in [2.75, 3.05) is 32.2 Å². The van der Waals surface area contributed by atoms with Crippen LogP contribution in [0, 0.1) is 24.7 Å². The first-order valence-corrected chi connectivity index (χ1v) is 16.8. The topological polar surface area (TPSA) is 150 Å². The highest BCUT2D eigenvalue weighted by Crippen LogP contribution is 2.49. The van der Waals surface area contributed by atoms with Gasteiger partial charge in [-0.2, -0.15) is 5.09 Å². The number of aliphatic hydroxyl groups is 1. The van der Waals surface area contributed by atoms with Crippen LogP contribution in [0.25, 0.3) is 21.9 Å². The molecular weight excluding hydrogens is 642 g/mol. The lowest BCUT2D eigenvalue weighted by Gasteiger charge is -2.26. The number of halogens is 1. The SMILES string of the molecule is C#C[C@@]1(F)[C@H](O)[C@@H](CO[P@@](=O)(N[C@H](C)C(=O)OCC(C)(C)C)Oc2cccc3ccccc23)O[C@H]1n1cnc2c(N(C)C)nc(C)nc21. The van der Waals surface area contributed by atoms with Crippen LogP contribution in [0.3, 0.4) is 0 Å². The number of benzene rings is 2. The maximum atomic E-state index is 16.5. The van der Waals surface area contributed by atoms with Crippen LogP contribution in [0.1, 0.15) is 39.7 Å². The van der Waals surface area contributed by atoms with Gasteiger partial charge in [0, 0.05) is 19.5 Å². The number of aliphatic hydroxyl groups excluding tert-OH is 1. The van der Waals surface area contributed by atoms with E-state index in [1.807, 2.05) is 44.9 Å². The third-order valence-corrected chi connectivity index (χ3v) is 9.22. The molecule has 0 amide bonds. The molecule has 5 rings (SSSR count). The average Bonchev–Trinajstić information content (AvgIpc) is 3.55. The van der Waals surface area contributed by atoms with Gasteiger partial charge in [0.15, 0.2) is 23.2 Å². The normalized spacial score (nSPS) is 23.0. The summed E-state index contributed by atoms with van der Waals surface area (Å²) in [7, 11) is -0.894. The first-order chi connectivity index (χ1) is 22.5. The smallest absolute Gasteiger partial charge is 0.459 e. The molecule has 2 aromatic heterocycles. The lowest BCUT2D eigenvalue weighted by Crippen LogP contribution is -2.42. The van der Waals surface area contributed by atoms with E-state index in [2.05, 4.69) is 20.0 Å². The summed E-state index contributed by atoms with van der Waals surface area (Å²) in [6.45, 7) is 8.30. The van der Waals surface area contributed by atoms with Crippen molar-refractivity contribution in [3.63, 3.8) is 0 Å². The lowest BCUT2D eigenvalue weighted by molar-refractivity contribution is -0.148. The molecule has 2 N–H and O–H groups in total. The molecule has 256 valence electrons. The predicted molar refractivity (Wildman–Crippen MR) is 178 cm³/mol. The number of carbonyl (C=O) groups excluding carboxylic acids is 1. The molecular formula is C33H40FN6O7P. The van der Waals surface area contributed by atoms with Gasteiger partial charge in [-0.05, 0) is 30.7 Å². The number of terminal acetylenes is 1. The number of anilines is 1. The van der Waals surface area contributed by atoms with E-state index in [4.69, 9.17) is 24.9 Å². The molecule has 0 saturated carbocycles. The molecule has 0 aliphatic carbocycles. The number of aromatic nitrogens is 4. The Hall–Kier alpha value is -4.12. The van der Waals surface area contributed by atoms with E-state index in [1.165, 1.54) is 17.8 Å². The van der Waals surface area contributed by atoms with E-state index in [1.54, 1.807) is 50.2 Å². The van der Waals surface area contributed by atoms with E-state index >= 15 is 4.39 Å². The minimum Gasteiger partial charge on any atom is -0.464 e. The van der Waals surface area contributed by atoms with Gasteiger partial charge >= 0.3 is 13.7 Å². The summed E-state index contributed by atoms with van der Waals surface area (Å²) in [6, 6.07) is 11.3. The van der Waals surface area contributed by atoms with Crippen LogP contribution in [-0.2, 0) is 23.4 Å². The molecule has 2 aromatic carbocycles. The van der Waals surface area contributed by atoms with E-state index in [-0.39, 0.29) is 23.4 Å². The second-order valence-electron chi connectivity index (χ2n) is 13.1. The van der Waals surface area contributed by atoms with Crippen LogP contribution < -0.4 is 14.5 Å². The molecule has 48 heavy (non-hydrogen) atoms. The lowest BCUT2D eigenvalue weighted by atomic mass is 9.97. The molecule has 1 aliphatic heterocycles. The number of imidazole rings is 1. The Morgan fingerprint density at radius 2 is 1.96 bits per heavy atom. The van der Waals surface area contributed by atoms with Crippen LogP contribution in [0.5, 0.6) is 5.75 Å². The fourth-order valence-electron chi connectivity index (χ4n) is 5.17. The van der Waals surface area contributed by atoms with Crippen molar-refractivity contribution in [1.82, 2.24) is 24.6 Å². The Morgan fingerprint density at radius 3 is 2.65 bits per heavy atom. The minimum absolute atomic E-state index is 0.116. The predicted octanol–water partition coefficient (Wildman–Crippen LogP) is 4.72. The van der Waals surface area contributed by atoms with Gasteiger partial charge in [0.1, 0.15) is 29.8 Å². The maximum Gasteiger partial charge on any atom is 0.459 e. The summed E-state index contributed by atoms with van der Waals surface area (Å²) >= 11 is 0. The number of hydrogen-bond acceptors (Lipinski definition) is 11. The Morgan fingerprint density at radius 1 is 1.25 bits per heavy atom. The van der Waals surface area contributed by atoms with Crippen molar-refractivity contribution in [2.45, 2.75) is 64.8 Å². The fraction of sp³-hybridized carbons (Fsp3) is 0.455. The Bertz CT molecular complexity index is 1900. The summed E-state index contributed by atoms with van der Waals surface area (Å²) in [4.78, 5) is 27.8. The average molecular weight is 683 g/mol. The molecule has 3 heterocycles. The number of aryl methyl sites for hydroxylation is 1. The molecule has 0 radical (unpaired) electrons. The summed E-state index contributed by atoms with van der Waals surface area (Å²) in [5, 5.41) is 15.2. The van der Waals surface area contributed by atoms with Crippen molar-refractivity contribution in [3.05, 3.63) is 54.6 Å². The quantitative estimate of drug-likeness (QED) is 0.128. The zero-order valence-electron chi connectivity index (χ0n) is 27.9. The standard InChI is InChI=1S/C33H40FN6O7P/c1-9-33(34)27(41)25(46-31(33)40-19-35-26-28(39(7)8)36-21(3)37-29(26)40)17-45-48(43,38-20(2)30(42)44-18-32(4,5)6)47-24-16-12-14-22-13-10-11-15-23(22)24/h1,10-16,19-20,25,27,31,41H,17-18H2,2-8H3,(H,38,43)/t20-,25-,27-,31-,33-,48+/m1/s1. The molecule has 0 spiro atoms. The van der Waals surface area contributed by atoms with E-state index in [0.717, 1.165) is 5.39 Å². The van der Waals surface area contributed by atoms with E-state index in [9.17, 15) is 14.5 Å². The number of fused-ring (bicyclic) bond motifs is 2. The molecule has 0 bridgehead atoms. The number of carbonyl (C=O) groups is 1. The highest BCUT2D eigenvalue weighted by atomic mass is 31.2. The second-order valence-corrected chi connectivity index (χ2v) is 14.8. The van der Waals surface area contributed by atoms with E-state index < -0.39 is 50.5 Å². The molecule has 0 unspecified atom stereocenters. The Labute approximate surface area is 278 Å². The molecule has 15 heteroatoms. The summed E-state index contributed by atoms with van der Waals surface area (Å²) in [5.41, 5.74) is -2.48. The number of alkyl halides is 1. The van der Waals surface area contributed by atoms with Gasteiger partial charge in [-0.3, -0.25) is 13.9 Å². The maximum absolute atomic E-state index is 16.5. The van der Waals surface area contributed by atoms with Crippen LogP contribution in [-0.4, -0.2) is 81.8 Å². The van der Waals surface area contributed by atoms with Gasteiger partial charge in [-0.15, -0.1) is 6.42 Å². The van der Waals surface area contributed by atoms with E-state index in [0.29, 0.717) is 22.5 Å². The molecule has 4 aromatic rings. The Kier molecular flexibility index (Phi) is 9.83. The van der Waals surface area contributed by atoms with Crippen LogP contribution >= 0.6 is 7.75 Å². The number of rotatable bonds is 11. The number of esters is 1. The van der Waals surface area contributed by atoms with Crippen molar-refractivity contribution in [1.29, 1.82) is 0 Å². The summed E-state index contributed by atoms with van der Waals surface area (Å²) in [5.74, 6) is 2.42. The highest BCUT2D eigenvalue weighted by molar-refractivity contribution is 7.52. The number of nitrogens with zero attached hydrogens (tertiary/aromatic N) is 5. The first kappa shape index (κ1) is 35.2. The Balaban J connectivity index is 1.43. The molecule has 1 fully saturated rings. The van der Waals surface area contributed by atoms with Gasteiger partial charge in [0.25, 0.3) is 0 Å². The van der Waals surface area contributed by atoms with Crippen LogP contribution in [0.4, 0.5) is 10.2 Å². The van der Waals surface area contributed by atoms with Crippen molar-refractivity contribution in [2.24, 2.45) is 5.41 Å². The molecule has 13 nitrogen and oxygen atoms in total. The van der Waals surface area contributed by atoms with Gasteiger partial charge in [-0.25, -0.2) is 23.9 Å². The monoisotopic (exact) mass is 682 g/mol. The number of hydrogen-bond donors (Lipinski definition) is 2. The summed E-state index contributed by atoms with van der Waals surface area (Å²) in [6.07, 6.45) is 2.00. The van der Waals surface area contributed by atoms with Gasteiger partial charge in [0.2, 0.25) is 5.67 Å². The minimum atomic E-state index is -4.45. The zero-order valence-corrected chi connectivity index (χ0v) is 28.8. The van der Waals surface area contributed by atoms with Crippen molar-refractivity contribution >= 4 is 41.5 Å². The van der Waals surface area contributed by atoms with Crippen molar-refractivity contribution in [3.8, 4) is 18.1 Å². The highest BCUT2D eigenvalue weighted by Gasteiger charge is 2.58. The fourth-order valence-corrected chi connectivity index (χ4v) is 6.69. The second kappa shape index (κ2) is 13.4. The largest absolute Gasteiger partial charge is 0.464 e. The van der Waals surface area contributed by atoms with Crippen LogP contribution in [0.2, 0.25) is 0 Å². The van der Waals surface area contributed by atoms with Gasteiger partial charge in [-0.1, -0.05) is 63.1 Å². The first-order valence-electron chi connectivity index (χ1n) is 15.3. The number of ether oxygens (including phenoxy) is 2. The van der Waals surface area contributed by atoms with Crippen LogP contribution in [0.15, 0.2) is 48.8 Å².